The summed E-state index contributed by atoms with van der Waals surface area (Å²) in [5.41, 5.74) is 3.89. The van der Waals surface area contributed by atoms with Crippen molar-refractivity contribution in [2.45, 2.75) is 55.9 Å². The number of fused-ring (bicyclic) bond motifs is 2. The van der Waals surface area contributed by atoms with Crippen molar-refractivity contribution < 1.29 is 18.3 Å². The molecule has 1 heterocycles. The van der Waals surface area contributed by atoms with Gasteiger partial charge in [-0.15, -0.1) is 0 Å². The first kappa shape index (κ1) is 21.9. The molecule has 0 amide bonds. The molecule has 7 heteroatoms. The number of para-hydroxylation sites is 3. The van der Waals surface area contributed by atoms with Crippen LogP contribution in [0.4, 0.5) is 11.4 Å². The van der Waals surface area contributed by atoms with Crippen LogP contribution in [0.25, 0.3) is 0 Å². The van der Waals surface area contributed by atoms with E-state index in [-0.39, 0.29) is 10.9 Å². The molecular formula is C26H28N2O4S. The van der Waals surface area contributed by atoms with Crippen LogP contribution >= 0.6 is 0 Å². The summed E-state index contributed by atoms with van der Waals surface area (Å²) in [7, 11) is -3.75. The molecular weight excluding hydrogens is 436 g/mol. The number of rotatable bonds is 4. The first-order valence-corrected chi connectivity index (χ1v) is 12.8. The molecule has 1 aliphatic carbocycles. The first-order chi connectivity index (χ1) is 15.9. The second-order valence-electron chi connectivity index (χ2n) is 8.78. The summed E-state index contributed by atoms with van der Waals surface area (Å²) in [6.07, 6.45) is 1.23. The Labute approximate surface area is 194 Å². The maximum Gasteiger partial charge on any atom is 0.240 e. The summed E-state index contributed by atoms with van der Waals surface area (Å²) in [4.78, 5) is 2.34. The Balaban J connectivity index is 1.48. The van der Waals surface area contributed by atoms with E-state index in [4.69, 9.17) is 4.74 Å². The van der Waals surface area contributed by atoms with Gasteiger partial charge in [-0.3, -0.25) is 0 Å². The Morgan fingerprint density at radius 3 is 2.42 bits per heavy atom. The predicted molar refractivity (Wildman–Crippen MR) is 128 cm³/mol. The van der Waals surface area contributed by atoms with Crippen LogP contribution in [0, 0.1) is 6.92 Å². The molecule has 0 saturated heterocycles. The van der Waals surface area contributed by atoms with Gasteiger partial charge >= 0.3 is 0 Å². The van der Waals surface area contributed by atoms with Gasteiger partial charge in [-0.05, 0) is 56.5 Å². The Morgan fingerprint density at radius 1 is 0.939 bits per heavy atom. The number of hydrogen-bond acceptors (Lipinski definition) is 5. The average Bonchev–Trinajstić information content (AvgIpc) is 2.98. The Hall–Kier alpha value is -2.87. The molecule has 33 heavy (non-hydrogen) atoms. The highest BCUT2D eigenvalue weighted by Crippen LogP contribution is 2.43. The molecule has 172 valence electrons. The van der Waals surface area contributed by atoms with E-state index in [0.717, 1.165) is 41.1 Å². The molecule has 5 rings (SSSR count). The number of aliphatic hydroxyl groups excluding tert-OH is 1. The van der Waals surface area contributed by atoms with E-state index < -0.39 is 22.2 Å². The molecule has 0 unspecified atom stereocenters. The molecule has 3 aromatic carbocycles. The van der Waals surface area contributed by atoms with Crippen molar-refractivity contribution in [2.24, 2.45) is 0 Å². The molecule has 0 aromatic heterocycles. The fraction of sp³-hybridized carbons (Fsp3) is 0.308. The number of nitrogens with one attached hydrogen (secondary N) is 1. The topological polar surface area (TPSA) is 78.9 Å². The van der Waals surface area contributed by atoms with Crippen molar-refractivity contribution in [1.82, 2.24) is 4.72 Å². The molecule has 6 nitrogen and oxygen atoms in total. The van der Waals surface area contributed by atoms with E-state index in [9.17, 15) is 13.5 Å². The average molecular weight is 465 g/mol. The summed E-state index contributed by atoms with van der Waals surface area (Å²) in [5, 5.41) is 11.5. The van der Waals surface area contributed by atoms with Crippen LogP contribution in [-0.2, 0) is 16.6 Å². The monoisotopic (exact) mass is 464 g/mol. The fourth-order valence-corrected chi connectivity index (χ4v) is 6.13. The second kappa shape index (κ2) is 8.82. The summed E-state index contributed by atoms with van der Waals surface area (Å²) in [5.74, 6) is 0.753. The van der Waals surface area contributed by atoms with E-state index in [0.29, 0.717) is 13.0 Å². The number of hydrogen-bond donors (Lipinski definition) is 2. The van der Waals surface area contributed by atoms with Crippen molar-refractivity contribution in [3.05, 3.63) is 83.9 Å². The Morgan fingerprint density at radius 2 is 1.64 bits per heavy atom. The van der Waals surface area contributed by atoms with Gasteiger partial charge in [0.05, 0.1) is 28.8 Å². The highest BCUT2D eigenvalue weighted by Gasteiger charge is 2.40. The standard InChI is InChI=1S/C26H28N2O4S/c1-18-13-15-20(16-14-18)33(30,31)27-21-8-6-11-24(26(21)29)28-22-9-3-2-7-19(22)17-32-25-12-5-4-10-23(25)28/h2-5,7,9-10,12-16,21,24,26-27,29H,6,8,11,17H2,1H3/t21-,24+,26+/m1/s1. The van der Waals surface area contributed by atoms with E-state index >= 15 is 0 Å². The number of benzene rings is 3. The molecule has 1 fully saturated rings. The molecule has 1 aliphatic heterocycles. The number of nitrogens with zero attached hydrogens (tertiary/aromatic N) is 1. The van der Waals surface area contributed by atoms with Gasteiger partial charge in [0.25, 0.3) is 0 Å². The third kappa shape index (κ3) is 4.24. The smallest absolute Gasteiger partial charge is 0.240 e. The highest BCUT2D eigenvalue weighted by molar-refractivity contribution is 7.89. The van der Waals surface area contributed by atoms with Crippen molar-refractivity contribution in [3.63, 3.8) is 0 Å². The lowest BCUT2D eigenvalue weighted by Crippen LogP contribution is -2.55. The van der Waals surface area contributed by atoms with Crippen LogP contribution in [0.15, 0.2) is 77.7 Å². The molecule has 0 bridgehead atoms. The largest absolute Gasteiger partial charge is 0.487 e. The maximum atomic E-state index is 13.0. The number of ether oxygens (including phenoxy) is 1. The second-order valence-corrected chi connectivity index (χ2v) is 10.5. The molecule has 3 atom stereocenters. The quantitative estimate of drug-likeness (QED) is 0.602. The SMILES string of the molecule is Cc1ccc(S(=O)(=O)N[C@@H]2CCC[C@H](N3c4ccccc4COc4ccccc43)[C@H]2O)cc1. The van der Waals surface area contributed by atoms with Gasteiger partial charge in [0.2, 0.25) is 10.0 Å². The van der Waals surface area contributed by atoms with Crippen molar-refractivity contribution in [1.29, 1.82) is 0 Å². The molecule has 1 saturated carbocycles. The summed E-state index contributed by atoms with van der Waals surface area (Å²) in [6.45, 7) is 2.36. The summed E-state index contributed by atoms with van der Waals surface area (Å²) >= 11 is 0. The van der Waals surface area contributed by atoms with Gasteiger partial charge in [-0.2, -0.15) is 0 Å². The van der Waals surface area contributed by atoms with Crippen LogP contribution in [0.1, 0.15) is 30.4 Å². The lowest BCUT2D eigenvalue weighted by molar-refractivity contribution is 0.0812. The van der Waals surface area contributed by atoms with Crippen LogP contribution in [0.3, 0.4) is 0 Å². The van der Waals surface area contributed by atoms with Gasteiger partial charge in [-0.1, -0.05) is 48.0 Å². The minimum Gasteiger partial charge on any atom is -0.487 e. The van der Waals surface area contributed by atoms with Gasteiger partial charge in [-0.25, -0.2) is 13.1 Å². The van der Waals surface area contributed by atoms with E-state index in [1.165, 1.54) is 0 Å². The van der Waals surface area contributed by atoms with Crippen LogP contribution in [-0.4, -0.2) is 31.7 Å². The number of aryl methyl sites for hydroxylation is 1. The first-order valence-electron chi connectivity index (χ1n) is 11.3. The van der Waals surface area contributed by atoms with Gasteiger partial charge in [0, 0.05) is 11.3 Å². The van der Waals surface area contributed by atoms with Crippen LogP contribution in [0.5, 0.6) is 5.75 Å². The van der Waals surface area contributed by atoms with Gasteiger partial charge in [0.15, 0.2) is 0 Å². The number of sulfonamides is 1. The molecule has 2 aliphatic rings. The van der Waals surface area contributed by atoms with E-state index in [2.05, 4.69) is 9.62 Å². The van der Waals surface area contributed by atoms with Crippen molar-refractivity contribution >= 4 is 21.4 Å². The van der Waals surface area contributed by atoms with Gasteiger partial charge in [0.1, 0.15) is 12.4 Å². The minimum atomic E-state index is -3.75. The third-order valence-corrected chi connectivity index (χ3v) is 8.06. The fourth-order valence-electron chi connectivity index (χ4n) is 4.84. The van der Waals surface area contributed by atoms with Crippen molar-refractivity contribution in [3.8, 4) is 5.75 Å². The zero-order valence-corrected chi connectivity index (χ0v) is 19.3. The van der Waals surface area contributed by atoms with E-state index in [1.807, 2.05) is 55.5 Å². The van der Waals surface area contributed by atoms with Crippen LogP contribution in [0.2, 0.25) is 0 Å². The van der Waals surface area contributed by atoms with Crippen LogP contribution < -0.4 is 14.4 Å². The molecule has 3 aromatic rings. The Kier molecular flexibility index (Phi) is 5.86. The minimum absolute atomic E-state index is 0.210. The molecule has 0 radical (unpaired) electrons. The Bertz CT molecular complexity index is 1200. The predicted octanol–water partition coefficient (Wildman–Crippen LogP) is 4.29. The molecule has 2 N–H and O–H groups in total. The number of anilines is 2. The third-order valence-electron chi connectivity index (χ3n) is 6.55. The lowest BCUT2D eigenvalue weighted by Gasteiger charge is -2.42. The maximum absolute atomic E-state index is 13.0. The van der Waals surface area contributed by atoms with Gasteiger partial charge < -0.3 is 14.7 Å². The normalized spacial score (nSPS) is 22.6. The lowest BCUT2D eigenvalue weighted by atomic mass is 9.86. The number of aliphatic hydroxyl groups is 1. The highest BCUT2D eigenvalue weighted by atomic mass is 32.2. The van der Waals surface area contributed by atoms with Crippen molar-refractivity contribution in [2.75, 3.05) is 4.90 Å². The molecule has 0 spiro atoms. The summed E-state index contributed by atoms with van der Waals surface area (Å²) < 4.78 is 34.9. The summed E-state index contributed by atoms with van der Waals surface area (Å²) in [6, 6.07) is 21.7. The van der Waals surface area contributed by atoms with E-state index in [1.54, 1.807) is 24.3 Å². The zero-order valence-electron chi connectivity index (χ0n) is 18.5. The zero-order chi connectivity index (χ0) is 23.0.